The summed E-state index contributed by atoms with van der Waals surface area (Å²) in [5, 5.41) is 3.15. The predicted octanol–water partition coefficient (Wildman–Crippen LogP) is 3.10. The van der Waals surface area contributed by atoms with Crippen molar-refractivity contribution in [2.75, 3.05) is 11.1 Å². The molecule has 3 N–H and O–H groups in total. The Bertz CT molecular complexity index is 754. The summed E-state index contributed by atoms with van der Waals surface area (Å²) in [7, 11) is 0. The Labute approximate surface area is 129 Å². The molecule has 0 aliphatic rings. The maximum atomic E-state index is 5.79. The second-order valence-electron chi connectivity index (χ2n) is 5.12. The number of hydrogen-bond donors (Lipinski definition) is 2. The van der Waals surface area contributed by atoms with E-state index >= 15 is 0 Å². The minimum Gasteiger partial charge on any atom is -0.383 e. The van der Waals surface area contributed by atoms with Crippen LogP contribution >= 0.6 is 0 Å². The molecule has 5 heteroatoms. The minimum atomic E-state index is 0.492. The zero-order chi connectivity index (χ0) is 15.4. The van der Waals surface area contributed by atoms with Gasteiger partial charge in [-0.05, 0) is 48.7 Å². The molecule has 0 unspecified atom stereocenters. The molecule has 0 aliphatic heterocycles. The van der Waals surface area contributed by atoms with E-state index in [4.69, 9.17) is 5.73 Å². The Morgan fingerprint density at radius 3 is 2.36 bits per heavy atom. The molecule has 3 aromatic rings. The first-order valence-corrected chi connectivity index (χ1v) is 7.05. The Hall–Kier alpha value is -2.95. The van der Waals surface area contributed by atoms with Crippen LogP contribution in [0.3, 0.4) is 0 Å². The van der Waals surface area contributed by atoms with Gasteiger partial charge in [0.25, 0.3) is 0 Å². The molecule has 2 heterocycles. The number of aromatic nitrogens is 3. The van der Waals surface area contributed by atoms with Gasteiger partial charge in [0.1, 0.15) is 5.82 Å². The summed E-state index contributed by atoms with van der Waals surface area (Å²) < 4.78 is 0. The van der Waals surface area contributed by atoms with E-state index in [1.165, 1.54) is 11.1 Å². The van der Waals surface area contributed by atoms with Crippen molar-refractivity contribution in [2.45, 2.75) is 13.3 Å². The third-order valence-electron chi connectivity index (χ3n) is 3.38. The molecule has 0 spiro atoms. The van der Waals surface area contributed by atoms with E-state index in [2.05, 4.69) is 32.4 Å². The zero-order valence-electron chi connectivity index (χ0n) is 12.3. The second-order valence-corrected chi connectivity index (χ2v) is 5.12. The van der Waals surface area contributed by atoms with Crippen LogP contribution in [-0.4, -0.2) is 15.0 Å². The highest BCUT2D eigenvalue weighted by molar-refractivity contribution is 5.55. The van der Waals surface area contributed by atoms with Crippen molar-refractivity contribution >= 4 is 17.5 Å². The lowest BCUT2D eigenvalue weighted by Crippen LogP contribution is -2.02. The van der Waals surface area contributed by atoms with Gasteiger partial charge in [0.05, 0.1) is 0 Å². The first-order valence-electron chi connectivity index (χ1n) is 7.05. The van der Waals surface area contributed by atoms with E-state index in [-0.39, 0.29) is 0 Å². The zero-order valence-corrected chi connectivity index (χ0v) is 12.3. The molecule has 0 aliphatic carbocycles. The van der Waals surface area contributed by atoms with E-state index in [1.54, 1.807) is 6.20 Å². The summed E-state index contributed by atoms with van der Waals surface area (Å²) in [6.45, 7) is 1.88. The fraction of sp³-hybridized carbons (Fsp3) is 0.118. The largest absolute Gasteiger partial charge is 0.383 e. The fourth-order valence-electron chi connectivity index (χ4n) is 2.09. The highest BCUT2D eigenvalue weighted by Gasteiger charge is 2.02. The highest BCUT2D eigenvalue weighted by Crippen LogP contribution is 2.17. The van der Waals surface area contributed by atoms with Crippen LogP contribution in [0.25, 0.3) is 0 Å². The van der Waals surface area contributed by atoms with Crippen molar-refractivity contribution in [1.82, 2.24) is 15.0 Å². The lowest BCUT2D eigenvalue weighted by atomic mass is 10.1. The van der Waals surface area contributed by atoms with Gasteiger partial charge in [0.15, 0.2) is 0 Å². The van der Waals surface area contributed by atoms with Crippen LogP contribution in [0.5, 0.6) is 0 Å². The van der Waals surface area contributed by atoms with Crippen LogP contribution in [0.1, 0.15) is 16.7 Å². The molecule has 22 heavy (non-hydrogen) atoms. The molecular weight excluding hydrogens is 274 g/mol. The van der Waals surface area contributed by atoms with Gasteiger partial charge in [0, 0.05) is 29.8 Å². The first-order chi connectivity index (χ1) is 10.7. The molecule has 5 nitrogen and oxygen atoms in total. The van der Waals surface area contributed by atoms with Crippen LogP contribution in [0.15, 0.2) is 55.0 Å². The number of aryl methyl sites for hydroxylation is 1. The number of nitrogens with zero attached hydrogens (tertiary/aromatic N) is 3. The van der Waals surface area contributed by atoms with Gasteiger partial charge in [-0.25, -0.2) is 4.98 Å². The molecular formula is C17H17N5. The normalized spacial score (nSPS) is 10.4. The highest BCUT2D eigenvalue weighted by atomic mass is 15.1. The van der Waals surface area contributed by atoms with Crippen molar-refractivity contribution in [3.8, 4) is 0 Å². The molecule has 0 saturated heterocycles. The Morgan fingerprint density at radius 2 is 1.68 bits per heavy atom. The molecule has 0 amide bonds. The monoisotopic (exact) mass is 291 g/mol. The lowest BCUT2D eigenvalue weighted by Gasteiger charge is -2.07. The Kier molecular flexibility index (Phi) is 3.96. The quantitative estimate of drug-likeness (QED) is 0.772. The minimum absolute atomic E-state index is 0.492. The van der Waals surface area contributed by atoms with Crippen molar-refractivity contribution < 1.29 is 0 Å². The number of nitrogen functional groups attached to an aromatic ring is 1. The Morgan fingerprint density at radius 1 is 1.00 bits per heavy atom. The molecule has 0 radical (unpaired) electrons. The topological polar surface area (TPSA) is 76.7 Å². The Balaban J connectivity index is 1.70. The smallest absolute Gasteiger partial charge is 0.229 e. The maximum absolute atomic E-state index is 5.79. The summed E-state index contributed by atoms with van der Waals surface area (Å²) in [5.41, 5.74) is 10.1. The third-order valence-corrected chi connectivity index (χ3v) is 3.38. The van der Waals surface area contributed by atoms with Crippen LogP contribution < -0.4 is 11.1 Å². The summed E-state index contributed by atoms with van der Waals surface area (Å²) in [4.78, 5) is 12.4. The van der Waals surface area contributed by atoms with Gasteiger partial charge in [0.2, 0.25) is 5.95 Å². The number of nitrogens with one attached hydrogen (secondary N) is 1. The first kappa shape index (κ1) is 14.0. The van der Waals surface area contributed by atoms with E-state index in [9.17, 15) is 0 Å². The van der Waals surface area contributed by atoms with Crippen molar-refractivity contribution in [2.24, 2.45) is 0 Å². The summed E-state index contributed by atoms with van der Waals surface area (Å²) in [6, 6.07) is 12.2. The molecule has 3 rings (SSSR count). The lowest BCUT2D eigenvalue weighted by molar-refractivity contribution is 1.14. The molecule has 0 bridgehead atoms. The van der Waals surface area contributed by atoms with Crippen molar-refractivity contribution in [3.63, 3.8) is 0 Å². The molecule has 0 saturated carbocycles. The van der Waals surface area contributed by atoms with Crippen LogP contribution in [0.4, 0.5) is 17.5 Å². The predicted molar refractivity (Wildman–Crippen MR) is 87.9 cm³/mol. The van der Waals surface area contributed by atoms with E-state index in [1.807, 2.05) is 43.6 Å². The van der Waals surface area contributed by atoms with Crippen LogP contribution in [0, 0.1) is 6.92 Å². The van der Waals surface area contributed by atoms with E-state index < -0.39 is 0 Å². The SMILES string of the molecule is Cc1cnc(Nc2ccc(Cc3ccncc3)cc2)nc1N. The molecule has 2 aromatic heterocycles. The number of anilines is 3. The van der Waals surface area contributed by atoms with E-state index in [0.717, 1.165) is 17.7 Å². The standard InChI is InChI=1S/C17H17N5/c1-12-11-20-17(22-16(12)18)21-15-4-2-13(3-5-15)10-14-6-8-19-9-7-14/h2-9,11H,10H2,1H3,(H3,18,20,21,22). The molecule has 0 atom stereocenters. The average molecular weight is 291 g/mol. The van der Waals surface area contributed by atoms with Crippen molar-refractivity contribution in [3.05, 3.63) is 71.7 Å². The number of benzene rings is 1. The third kappa shape index (κ3) is 3.38. The fourth-order valence-corrected chi connectivity index (χ4v) is 2.09. The molecule has 1 aromatic carbocycles. The van der Waals surface area contributed by atoms with Crippen LogP contribution in [0.2, 0.25) is 0 Å². The number of hydrogen-bond acceptors (Lipinski definition) is 5. The maximum Gasteiger partial charge on any atom is 0.229 e. The van der Waals surface area contributed by atoms with Crippen LogP contribution in [-0.2, 0) is 6.42 Å². The van der Waals surface area contributed by atoms with Gasteiger partial charge in [-0.3, -0.25) is 4.98 Å². The van der Waals surface area contributed by atoms with Gasteiger partial charge >= 0.3 is 0 Å². The van der Waals surface area contributed by atoms with Gasteiger partial charge in [-0.1, -0.05) is 12.1 Å². The molecule has 0 fully saturated rings. The number of nitrogens with two attached hydrogens (primary N) is 1. The van der Waals surface area contributed by atoms with Gasteiger partial charge in [-0.15, -0.1) is 0 Å². The summed E-state index contributed by atoms with van der Waals surface area (Å²) in [6.07, 6.45) is 6.22. The second kappa shape index (κ2) is 6.22. The van der Waals surface area contributed by atoms with E-state index in [0.29, 0.717) is 11.8 Å². The number of rotatable bonds is 4. The average Bonchev–Trinajstić information content (AvgIpc) is 2.54. The summed E-state index contributed by atoms with van der Waals surface area (Å²) in [5.74, 6) is 0.997. The number of pyridine rings is 1. The summed E-state index contributed by atoms with van der Waals surface area (Å²) >= 11 is 0. The van der Waals surface area contributed by atoms with Gasteiger partial charge in [-0.2, -0.15) is 4.98 Å². The van der Waals surface area contributed by atoms with Crippen molar-refractivity contribution in [1.29, 1.82) is 0 Å². The molecule has 110 valence electrons. The van der Waals surface area contributed by atoms with Gasteiger partial charge < -0.3 is 11.1 Å².